The van der Waals surface area contributed by atoms with Crippen molar-refractivity contribution in [3.63, 3.8) is 0 Å². The number of benzene rings is 1. The second-order valence-corrected chi connectivity index (χ2v) is 4.72. The predicted octanol–water partition coefficient (Wildman–Crippen LogP) is 2.88. The molecule has 0 amide bonds. The van der Waals surface area contributed by atoms with Gasteiger partial charge in [0.15, 0.2) is 0 Å². The smallest absolute Gasteiger partial charge is 0.0451 e. The van der Waals surface area contributed by atoms with Crippen LogP contribution in [0.4, 0.5) is 0 Å². The first-order chi connectivity index (χ1) is 7.17. The molecular formula is C11H16BrClN2. The van der Waals surface area contributed by atoms with E-state index in [-0.39, 0.29) is 0 Å². The van der Waals surface area contributed by atoms with Crippen LogP contribution in [0.3, 0.4) is 0 Å². The lowest BCUT2D eigenvalue weighted by molar-refractivity contribution is 0.288. The highest BCUT2D eigenvalue weighted by Gasteiger charge is 2.06. The molecule has 2 nitrogen and oxygen atoms in total. The number of hydrogen-bond acceptors (Lipinski definition) is 2. The fourth-order valence-electron chi connectivity index (χ4n) is 1.44. The molecule has 0 fully saturated rings. The van der Waals surface area contributed by atoms with Crippen molar-refractivity contribution >= 4 is 27.5 Å². The summed E-state index contributed by atoms with van der Waals surface area (Å²) < 4.78 is 1.06. The number of nitrogens with zero attached hydrogens (tertiary/aromatic N) is 1. The summed E-state index contributed by atoms with van der Waals surface area (Å²) in [5.74, 6) is 0. The maximum Gasteiger partial charge on any atom is 0.0451 e. The van der Waals surface area contributed by atoms with Crippen LogP contribution in [-0.4, -0.2) is 24.5 Å². The van der Waals surface area contributed by atoms with Gasteiger partial charge in [-0.3, -0.25) is 4.90 Å². The summed E-state index contributed by atoms with van der Waals surface area (Å²) in [5.41, 5.74) is 6.68. The highest BCUT2D eigenvalue weighted by molar-refractivity contribution is 9.10. The first kappa shape index (κ1) is 13.0. The van der Waals surface area contributed by atoms with E-state index in [1.807, 2.05) is 12.1 Å². The Balaban J connectivity index is 2.73. The molecule has 0 aliphatic rings. The van der Waals surface area contributed by atoms with Crippen molar-refractivity contribution in [2.24, 2.45) is 5.73 Å². The van der Waals surface area contributed by atoms with Crippen molar-refractivity contribution < 1.29 is 0 Å². The van der Waals surface area contributed by atoms with Gasteiger partial charge in [-0.2, -0.15) is 0 Å². The van der Waals surface area contributed by atoms with Gasteiger partial charge >= 0.3 is 0 Å². The summed E-state index contributed by atoms with van der Waals surface area (Å²) in [4.78, 5) is 2.27. The number of nitrogens with two attached hydrogens (primary N) is 1. The van der Waals surface area contributed by atoms with Gasteiger partial charge in [-0.05, 0) is 30.3 Å². The monoisotopic (exact) mass is 290 g/mol. The zero-order chi connectivity index (χ0) is 11.3. The van der Waals surface area contributed by atoms with E-state index in [9.17, 15) is 0 Å². The second kappa shape index (κ2) is 6.48. The minimum Gasteiger partial charge on any atom is -0.329 e. The minimum atomic E-state index is 0.680. The zero-order valence-electron chi connectivity index (χ0n) is 8.84. The molecule has 0 spiro atoms. The molecule has 0 aliphatic carbocycles. The Morgan fingerprint density at radius 1 is 1.47 bits per heavy atom. The van der Waals surface area contributed by atoms with E-state index in [1.165, 1.54) is 0 Å². The minimum absolute atomic E-state index is 0.680. The Bertz CT molecular complexity index is 317. The Morgan fingerprint density at radius 3 is 2.80 bits per heavy atom. The number of rotatable bonds is 5. The van der Waals surface area contributed by atoms with Crippen molar-refractivity contribution in [3.8, 4) is 0 Å². The van der Waals surface area contributed by atoms with Gasteiger partial charge in [0, 0.05) is 29.1 Å². The molecule has 0 heterocycles. The quantitative estimate of drug-likeness (QED) is 0.904. The average molecular weight is 292 g/mol. The molecule has 1 aromatic carbocycles. The van der Waals surface area contributed by atoms with Gasteiger partial charge in [-0.15, -0.1) is 0 Å². The van der Waals surface area contributed by atoms with Crippen LogP contribution in [0.2, 0.25) is 5.02 Å². The lowest BCUT2D eigenvalue weighted by Crippen LogP contribution is -2.28. The molecule has 0 bridgehead atoms. The van der Waals surface area contributed by atoms with Crippen molar-refractivity contribution in [2.45, 2.75) is 13.5 Å². The topological polar surface area (TPSA) is 29.3 Å². The fraction of sp³-hybridized carbons (Fsp3) is 0.455. The van der Waals surface area contributed by atoms with Crippen LogP contribution >= 0.6 is 27.5 Å². The van der Waals surface area contributed by atoms with Gasteiger partial charge in [0.1, 0.15) is 0 Å². The first-order valence-corrected chi connectivity index (χ1v) is 6.20. The standard InChI is InChI=1S/C11H16BrClN2/c1-2-15(6-5-14)8-9-7-10(12)3-4-11(9)13/h3-4,7H,2,5-6,8,14H2,1H3. The number of halogens is 2. The van der Waals surface area contributed by atoms with E-state index in [4.69, 9.17) is 17.3 Å². The Labute approximate surface area is 105 Å². The van der Waals surface area contributed by atoms with E-state index in [1.54, 1.807) is 0 Å². The highest BCUT2D eigenvalue weighted by atomic mass is 79.9. The van der Waals surface area contributed by atoms with Crippen molar-refractivity contribution in [1.82, 2.24) is 4.90 Å². The lowest BCUT2D eigenvalue weighted by atomic mass is 10.2. The molecule has 1 rings (SSSR count). The molecule has 0 saturated heterocycles. The fourth-order valence-corrected chi connectivity index (χ4v) is 2.02. The third-order valence-corrected chi connectivity index (χ3v) is 3.16. The van der Waals surface area contributed by atoms with Gasteiger partial charge in [0.25, 0.3) is 0 Å². The van der Waals surface area contributed by atoms with Crippen LogP contribution < -0.4 is 5.73 Å². The van der Waals surface area contributed by atoms with Crippen molar-refractivity contribution in [2.75, 3.05) is 19.6 Å². The van der Waals surface area contributed by atoms with E-state index in [2.05, 4.69) is 33.8 Å². The van der Waals surface area contributed by atoms with E-state index >= 15 is 0 Å². The van der Waals surface area contributed by atoms with Crippen LogP contribution in [0, 0.1) is 0 Å². The molecule has 84 valence electrons. The number of hydrogen-bond donors (Lipinski definition) is 1. The molecule has 15 heavy (non-hydrogen) atoms. The highest BCUT2D eigenvalue weighted by Crippen LogP contribution is 2.22. The third kappa shape index (κ3) is 4.11. The normalized spacial score (nSPS) is 11.0. The van der Waals surface area contributed by atoms with Gasteiger partial charge in [-0.1, -0.05) is 34.5 Å². The molecule has 4 heteroatoms. The third-order valence-electron chi connectivity index (χ3n) is 2.29. The molecule has 0 aliphatic heterocycles. The van der Waals surface area contributed by atoms with Crippen molar-refractivity contribution in [3.05, 3.63) is 33.3 Å². The Kier molecular flexibility index (Phi) is 5.61. The second-order valence-electron chi connectivity index (χ2n) is 3.39. The molecular weight excluding hydrogens is 275 g/mol. The molecule has 0 atom stereocenters. The summed E-state index contributed by atoms with van der Waals surface area (Å²) in [6, 6.07) is 5.92. The first-order valence-electron chi connectivity index (χ1n) is 5.03. The maximum atomic E-state index is 6.12. The SMILES string of the molecule is CCN(CCN)Cc1cc(Br)ccc1Cl. The van der Waals surface area contributed by atoms with Gasteiger partial charge in [0.05, 0.1) is 0 Å². The molecule has 0 radical (unpaired) electrons. The van der Waals surface area contributed by atoms with Crippen LogP contribution in [-0.2, 0) is 6.54 Å². The van der Waals surface area contributed by atoms with E-state index in [0.29, 0.717) is 6.54 Å². The van der Waals surface area contributed by atoms with Gasteiger partial charge in [-0.25, -0.2) is 0 Å². The van der Waals surface area contributed by atoms with Gasteiger partial charge in [0.2, 0.25) is 0 Å². The summed E-state index contributed by atoms with van der Waals surface area (Å²) in [6.07, 6.45) is 0. The van der Waals surface area contributed by atoms with Gasteiger partial charge < -0.3 is 5.73 Å². The summed E-state index contributed by atoms with van der Waals surface area (Å²) in [5, 5.41) is 0.814. The summed E-state index contributed by atoms with van der Waals surface area (Å²) >= 11 is 9.56. The van der Waals surface area contributed by atoms with E-state index in [0.717, 1.165) is 34.7 Å². The van der Waals surface area contributed by atoms with Crippen LogP contribution in [0.5, 0.6) is 0 Å². The van der Waals surface area contributed by atoms with Crippen molar-refractivity contribution in [1.29, 1.82) is 0 Å². The maximum absolute atomic E-state index is 6.12. The number of likely N-dealkylation sites (N-methyl/N-ethyl adjacent to an activating group) is 1. The average Bonchev–Trinajstić information content (AvgIpc) is 2.22. The van der Waals surface area contributed by atoms with E-state index < -0.39 is 0 Å². The molecule has 0 aromatic heterocycles. The lowest BCUT2D eigenvalue weighted by Gasteiger charge is -2.20. The Morgan fingerprint density at radius 2 is 2.20 bits per heavy atom. The summed E-state index contributed by atoms with van der Waals surface area (Å²) in [7, 11) is 0. The largest absolute Gasteiger partial charge is 0.329 e. The van der Waals surface area contributed by atoms with Crippen LogP contribution in [0.25, 0.3) is 0 Å². The zero-order valence-corrected chi connectivity index (χ0v) is 11.2. The summed E-state index contributed by atoms with van der Waals surface area (Å²) in [6.45, 7) is 5.55. The van der Waals surface area contributed by atoms with Crippen LogP contribution in [0.1, 0.15) is 12.5 Å². The molecule has 1 aromatic rings. The van der Waals surface area contributed by atoms with Crippen LogP contribution in [0.15, 0.2) is 22.7 Å². The molecule has 2 N–H and O–H groups in total. The molecule has 0 saturated carbocycles. The Hall–Kier alpha value is -0.0900. The predicted molar refractivity (Wildman–Crippen MR) is 69.2 cm³/mol. The molecule has 0 unspecified atom stereocenters.